The predicted octanol–water partition coefficient (Wildman–Crippen LogP) is 5.66. The molecule has 0 saturated heterocycles. The van der Waals surface area contributed by atoms with Crippen molar-refractivity contribution < 1.29 is 4.42 Å². The van der Waals surface area contributed by atoms with Crippen molar-refractivity contribution in [1.29, 1.82) is 0 Å². The molecule has 1 heterocycles. The van der Waals surface area contributed by atoms with Gasteiger partial charge in [0.1, 0.15) is 5.58 Å². The molecule has 4 heteroatoms. The van der Waals surface area contributed by atoms with Gasteiger partial charge < -0.3 is 9.73 Å². The van der Waals surface area contributed by atoms with Crippen LogP contribution in [0, 0.1) is 6.92 Å². The third-order valence-corrected chi connectivity index (χ3v) is 3.84. The molecule has 0 aliphatic rings. The summed E-state index contributed by atoms with van der Waals surface area (Å²) < 4.78 is 5.54. The summed E-state index contributed by atoms with van der Waals surface area (Å²) in [5.74, 6) is 0. The number of furan rings is 1. The maximum atomic E-state index is 6.17. The molecule has 0 spiro atoms. The van der Waals surface area contributed by atoms with Crippen molar-refractivity contribution in [3.05, 3.63) is 63.8 Å². The number of halogens is 2. The minimum atomic E-state index is 0.429. The molecule has 0 amide bonds. The van der Waals surface area contributed by atoms with Crippen LogP contribution in [0.5, 0.6) is 0 Å². The topological polar surface area (TPSA) is 25.2 Å². The summed E-state index contributed by atoms with van der Waals surface area (Å²) in [4.78, 5) is 0. The zero-order valence-corrected chi connectivity index (χ0v) is 12.4. The SMILES string of the molecule is Cc1ccc(Cl)cc1NCc1c(Cl)oc2ccccc12. The maximum Gasteiger partial charge on any atom is 0.199 e. The van der Waals surface area contributed by atoms with Crippen molar-refractivity contribution in [2.45, 2.75) is 13.5 Å². The van der Waals surface area contributed by atoms with Gasteiger partial charge in [-0.25, -0.2) is 0 Å². The van der Waals surface area contributed by atoms with Crippen LogP contribution in [0.1, 0.15) is 11.1 Å². The highest BCUT2D eigenvalue weighted by atomic mass is 35.5. The molecule has 1 N–H and O–H groups in total. The van der Waals surface area contributed by atoms with Gasteiger partial charge in [-0.1, -0.05) is 35.9 Å². The summed E-state index contributed by atoms with van der Waals surface area (Å²) in [7, 11) is 0. The maximum absolute atomic E-state index is 6.17. The second kappa shape index (κ2) is 5.39. The van der Waals surface area contributed by atoms with E-state index in [0.29, 0.717) is 16.8 Å². The van der Waals surface area contributed by atoms with Gasteiger partial charge in [0.25, 0.3) is 0 Å². The van der Waals surface area contributed by atoms with Crippen LogP contribution in [0.4, 0.5) is 5.69 Å². The predicted molar refractivity (Wildman–Crippen MR) is 84.7 cm³/mol. The average Bonchev–Trinajstić information content (AvgIpc) is 2.75. The summed E-state index contributed by atoms with van der Waals surface area (Å²) in [6.07, 6.45) is 0. The quantitative estimate of drug-likeness (QED) is 0.675. The lowest BCUT2D eigenvalue weighted by Crippen LogP contribution is -2.00. The Morgan fingerprint density at radius 1 is 1.10 bits per heavy atom. The molecule has 0 aliphatic heterocycles. The summed E-state index contributed by atoms with van der Waals surface area (Å²) >= 11 is 12.2. The average molecular weight is 306 g/mol. The summed E-state index contributed by atoms with van der Waals surface area (Å²) in [5, 5.41) is 5.53. The first kappa shape index (κ1) is 13.3. The molecule has 0 radical (unpaired) electrons. The van der Waals surface area contributed by atoms with Gasteiger partial charge in [-0.3, -0.25) is 0 Å². The minimum absolute atomic E-state index is 0.429. The minimum Gasteiger partial charge on any atom is -0.444 e. The Kier molecular flexibility index (Phi) is 3.60. The van der Waals surface area contributed by atoms with Crippen molar-refractivity contribution in [3.8, 4) is 0 Å². The first-order valence-electron chi connectivity index (χ1n) is 6.31. The molecular formula is C16H13Cl2NO. The highest BCUT2D eigenvalue weighted by molar-refractivity contribution is 6.31. The lowest BCUT2D eigenvalue weighted by molar-refractivity contribution is 0.613. The fraction of sp³-hybridized carbons (Fsp3) is 0.125. The third-order valence-electron chi connectivity index (χ3n) is 3.30. The van der Waals surface area contributed by atoms with Crippen molar-refractivity contribution in [2.24, 2.45) is 0 Å². The van der Waals surface area contributed by atoms with Crippen molar-refractivity contribution in [3.63, 3.8) is 0 Å². The van der Waals surface area contributed by atoms with Crippen LogP contribution in [0.15, 0.2) is 46.9 Å². The van der Waals surface area contributed by atoms with E-state index in [0.717, 1.165) is 27.8 Å². The Hall–Kier alpha value is -1.64. The first-order valence-corrected chi connectivity index (χ1v) is 7.06. The summed E-state index contributed by atoms with van der Waals surface area (Å²) in [5.41, 5.74) is 3.90. The van der Waals surface area contributed by atoms with Crippen LogP contribution >= 0.6 is 23.2 Å². The van der Waals surface area contributed by atoms with E-state index in [2.05, 4.69) is 5.32 Å². The number of fused-ring (bicyclic) bond motifs is 1. The number of nitrogens with one attached hydrogen (secondary N) is 1. The fourth-order valence-corrected chi connectivity index (χ4v) is 2.63. The molecule has 2 nitrogen and oxygen atoms in total. The Morgan fingerprint density at radius 3 is 2.75 bits per heavy atom. The van der Waals surface area contributed by atoms with E-state index in [1.165, 1.54) is 0 Å². The largest absolute Gasteiger partial charge is 0.444 e. The highest BCUT2D eigenvalue weighted by Gasteiger charge is 2.12. The van der Waals surface area contributed by atoms with Crippen molar-refractivity contribution in [1.82, 2.24) is 0 Å². The van der Waals surface area contributed by atoms with E-state index in [4.69, 9.17) is 27.6 Å². The van der Waals surface area contributed by atoms with Gasteiger partial charge in [0, 0.05) is 28.2 Å². The molecule has 0 saturated carbocycles. The number of aryl methyl sites for hydroxylation is 1. The van der Waals surface area contributed by atoms with Crippen LogP contribution in [0.2, 0.25) is 10.2 Å². The number of anilines is 1. The van der Waals surface area contributed by atoms with E-state index >= 15 is 0 Å². The monoisotopic (exact) mass is 305 g/mol. The zero-order chi connectivity index (χ0) is 14.1. The normalized spacial score (nSPS) is 10.9. The van der Waals surface area contributed by atoms with Gasteiger partial charge in [-0.2, -0.15) is 0 Å². The van der Waals surface area contributed by atoms with Gasteiger partial charge in [-0.15, -0.1) is 0 Å². The Balaban J connectivity index is 1.90. The molecule has 0 aliphatic carbocycles. The van der Waals surface area contributed by atoms with Crippen LogP contribution in [-0.2, 0) is 6.54 Å². The van der Waals surface area contributed by atoms with Crippen LogP contribution in [0.25, 0.3) is 11.0 Å². The molecule has 3 aromatic rings. The molecule has 3 rings (SSSR count). The number of benzene rings is 2. The van der Waals surface area contributed by atoms with Crippen molar-refractivity contribution in [2.75, 3.05) is 5.32 Å². The molecule has 0 bridgehead atoms. The first-order chi connectivity index (χ1) is 9.65. The fourth-order valence-electron chi connectivity index (χ4n) is 2.20. The highest BCUT2D eigenvalue weighted by Crippen LogP contribution is 2.30. The van der Waals surface area contributed by atoms with E-state index in [1.54, 1.807) is 0 Å². The van der Waals surface area contributed by atoms with Crippen molar-refractivity contribution >= 4 is 39.9 Å². The number of para-hydroxylation sites is 1. The molecule has 0 atom stereocenters. The van der Waals surface area contributed by atoms with E-state index in [-0.39, 0.29) is 0 Å². The van der Waals surface area contributed by atoms with Gasteiger partial charge in [0.2, 0.25) is 0 Å². The van der Waals surface area contributed by atoms with Crippen LogP contribution in [0.3, 0.4) is 0 Å². The zero-order valence-electron chi connectivity index (χ0n) is 10.9. The molecule has 20 heavy (non-hydrogen) atoms. The second-order valence-electron chi connectivity index (χ2n) is 4.66. The second-order valence-corrected chi connectivity index (χ2v) is 5.44. The molecule has 0 fully saturated rings. The Bertz CT molecular complexity index is 764. The third kappa shape index (κ3) is 2.49. The van der Waals surface area contributed by atoms with Gasteiger partial charge >= 0.3 is 0 Å². The summed E-state index contributed by atoms with van der Waals surface area (Å²) in [6, 6.07) is 13.6. The van der Waals surface area contributed by atoms with E-state index in [9.17, 15) is 0 Å². The van der Waals surface area contributed by atoms with Gasteiger partial charge in [0.15, 0.2) is 5.22 Å². The summed E-state index contributed by atoms with van der Waals surface area (Å²) in [6.45, 7) is 2.63. The number of hydrogen-bond acceptors (Lipinski definition) is 2. The van der Waals surface area contributed by atoms with Crippen LogP contribution < -0.4 is 5.32 Å². The van der Waals surface area contributed by atoms with E-state index < -0.39 is 0 Å². The molecule has 0 unspecified atom stereocenters. The lowest BCUT2D eigenvalue weighted by Gasteiger charge is -2.09. The lowest BCUT2D eigenvalue weighted by atomic mass is 10.1. The Labute approximate surface area is 127 Å². The number of rotatable bonds is 3. The molecule has 102 valence electrons. The smallest absolute Gasteiger partial charge is 0.199 e. The van der Waals surface area contributed by atoms with Crippen LogP contribution in [-0.4, -0.2) is 0 Å². The van der Waals surface area contributed by atoms with Gasteiger partial charge in [0.05, 0.1) is 0 Å². The Morgan fingerprint density at radius 2 is 1.90 bits per heavy atom. The molecule has 2 aromatic carbocycles. The van der Waals surface area contributed by atoms with E-state index in [1.807, 2.05) is 49.4 Å². The number of hydrogen-bond donors (Lipinski definition) is 1. The molecular weight excluding hydrogens is 293 g/mol. The molecule has 1 aromatic heterocycles. The van der Waals surface area contributed by atoms with Gasteiger partial charge in [-0.05, 0) is 42.3 Å². The standard InChI is InChI=1S/C16H13Cl2NO/c1-10-6-7-11(17)8-14(10)19-9-13-12-4-2-3-5-15(12)20-16(13)18/h2-8,19H,9H2,1H3.